The molecule has 1 aliphatic heterocycles. The number of sulfone groups is 1. The number of aromatic carboxylic acids is 1. The largest absolute Gasteiger partial charge is 0.478 e. The van der Waals surface area contributed by atoms with Crippen LogP contribution in [0.3, 0.4) is 0 Å². The number of carbonyl (C=O) groups is 1. The Bertz CT molecular complexity index is 924. The summed E-state index contributed by atoms with van der Waals surface area (Å²) in [5.74, 6) is -1.14. The molecule has 0 aliphatic carbocycles. The van der Waals surface area contributed by atoms with Crippen LogP contribution in [-0.4, -0.2) is 32.3 Å². The average Bonchev–Trinajstić information content (AvgIpc) is 2.53. The molecule has 8 heteroatoms. The standard InChI is InChI=1S/C16H16N2O5S/c1-9-4-2-3-5-13(9)24(21,22)10-6-11(16(19)20)15-12(7-10)23-14(17)8-18-15/h2-7,14,18H,8,17H2,1H3,(H,19,20). The van der Waals surface area contributed by atoms with Gasteiger partial charge in [0.15, 0.2) is 6.23 Å². The number of nitrogens with one attached hydrogen (secondary N) is 1. The lowest BCUT2D eigenvalue weighted by atomic mass is 10.1. The highest BCUT2D eigenvalue weighted by Gasteiger charge is 2.28. The lowest BCUT2D eigenvalue weighted by Gasteiger charge is -2.26. The molecular weight excluding hydrogens is 332 g/mol. The smallest absolute Gasteiger partial charge is 0.337 e. The lowest BCUT2D eigenvalue weighted by Crippen LogP contribution is -2.38. The lowest BCUT2D eigenvalue weighted by molar-refractivity contribution is 0.0696. The molecule has 0 fully saturated rings. The van der Waals surface area contributed by atoms with Crippen LogP contribution in [0.4, 0.5) is 5.69 Å². The fourth-order valence-electron chi connectivity index (χ4n) is 2.58. The zero-order valence-corrected chi connectivity index (χ0v) is 13.6. The highest BCUT2D eigenvalue weighted by atomic mass is 32.2. The summed E-state index contributed by atoms with van der Waals surface area (Å²) in [7, 11) is -3.89. The predicted octanol–water partition coefficient (Wildman–Crippen LogP) is 1.62. The van der Waals surface area contributed by atoms with E-state index in [0.717, 1.165) is 6.07 Å². The molecule has 3 rings (SSSR count). The molecule has 0 bridgehead atoms. The molecule has 2 aromatic rings. The molecular formula is C16H16N2O5S. The van der Waals surface area contributed by atoms with Crippen molar-refractivity contribution in [2.24, 2.45) is 5.73 Å². The fourth-order valence-corrected chi connectivity index (χ4v) is 4.12. The summed E-state index contributed by atoms with van der Waals surface area (Å²) in [6, 6.07) is 8.94. The fraction of sp³-hybridized carbons (Fsp3) is 0.188. The van der Waals surface area contributed by atoms with Gasteiger partial charge in [-0.2, -0.15) is 0 Å². The third-order valence-corrected chi connectivity index (χ3v) is 5.65. The third kappa shape index (κ3) is 2.70. The van der Waals surface area contributed by atoms with E-state index in [1.165, 1.54) is 12.1 Å². The highest BCUT2D eigenvalue weighted by Crippen LogP contribution is 2.37. The number of hydrogen-bond acceptors (Lipinski definition) is 6. The van der Waals surface area contributed by atoms with Gasteiger partial charge in [-0.1, -0.05) is 18.2 Å². The molecule has 0 saturated heterocycles. The zero-order chi connectivity index (χ0) is 17.5. The van der Waals surface area contributed by atoms with E-state index in [-0.39, 0.29) is 33.3 Å². The van der Waals surface area contributed by atoms with Crippen LogP contribution in [0.2, 0.25) is 0 Å². The first-order chi connectivity index (χ1) is 11.3. The second kappa shape index (κ2) is 5.81. The van der Waals surface area contributed by atoms with E-state index in [1.54, 1.807) is 25.1 Å². The van der Waals surface area contributed by atoms with E-state index in [0.29, 0.717) is 5.56 Å². The number of aryl methyl sites for hydroxylation is 1. The van der Waals surface area contributed by atoms with E-state index in [9.17, 15) is 18.3 Å². The highest BCUT2D eigenvalue weighted by molar-refractivity contribution is 7.91. The number of rotatable bonds is 3. The van der Waals surface area contributed by atoms with Gasteiger partial charge in [0.25, 0.3) is 0 Å². The Morgan fingerprint density at radius 2 is 2.04 bits per heavy atom. The Morgan fingerprint density at radius 1 is 1.33 bits per heavy atom. The number of ether oxygens (including phenoxy) is 1. The van der Waals surface area contributed by atoms with Crippen LogP contribution in [0.5, 0.6) is 5.75 Å². The molecule has 1 heterocycles. The summed E-state index contributed by atoms with van der Waals surface area (Å²) in [6.07, 6.45) is -0.685. The minimum atomic E-state index is -3.89. The van der Waals surface area contributed by atoms with Gasteiger partial charge in [-0.3, -0.25) is 5.73 Å². The minimum absolute atomic E-state index is 0.112. The van der Waals surface area contributed by atoms with Crippen molar-refractivity contribution in [3.63, 3.8) is 0 Å². The third-order valence-electron chi connectivity index (χ3n) is 3.76. The summed E-state index contributed by atoms with van der Waals surface area (Å²) in [6.45, 7) is 1.91. The van der Waals surface area contributed by atoms with Gasteiger partial charge >= 0.3 is 5.97 Å². The Morgan fingerprint density at radius 3 is 2.71 bits per heavy atom. The predicted molar refractivity (Wildman–Crippen MR) is 87.1 cm³/mol. The summed E-state index contributed by atoms with van der Waals surface area (Å²) in [4.78, 5) is 11.5. The topological polar surface area (TPSA) is 119 Å². The van der Waals surface area contributed by atoms with Crippen molar-refractivity contribution in [3.8, 4) is 5.75 Å². The molecule has 2 aromatic carbocycles. The molecule has 4 N–H and O–H groups in total. The molecule has 0 radical (unpaired) electrons. The molecule has 24 heavy (non-hydrogen) atoms. The molecule has 0 spiro atoms. The molecule has 0 aromatic heterocycles. The second-order valence-corrected chi connectivity index (χ2v) is 7.37. The van der Waals surface area contributed by atoms with Crippen LogP contribution in [-0.2, 0) is 9.84 Å². The van der Waals surface area contributed by atoms with Crippen LogP contribution in [0.1, 0.15) is 15.9 Å². The van der Waals surface area contributed by atoms with E-state index < -0.39 is 22.0 Å². The zero-order valence-electron chi connectivity index (χ0n) is 12.8. The normalized spacial score (nSPS) is 16.7. The first-order valence-corrected chi connectivity index (χ1v) is 8.67. The molecule has 0 saturated carbocycles. The Hall–Kier alpha value is -2.58. The molecule has 1 unspecified atom stereocenters. The maximum Gasteiger partial charge on any atom is 0.337 e. The van der Waals surface area contributed by atoms with Crippen molar-refractivity contribution >= 4 is 21.5 Å². The van der Waals surface area contributed by atoms with Crippen LogP contribution in [0.15, 0.2) is 46.2 Å². The van der Waals surface area contributed by atoms with E-state index in [1.807, 2.05) is 0 Å². The van der Waals surface area contributed by atoms with Gasteiger partial charge in [-0.25, -0.2) is 13.2 Å². The van der Waals surface area contributed by atoms with Crippen molar-refractivity contribution in [2.75, 3.05) is 11.9 Å². The number of carboxylic acids is 1. The Balaban J connectivity index is 2.22. The Kier molecular flexibility index (Phi) is 3.94. The van der Waals surface area contributed by atoms with E-state index in [2.05, 4.69) is 5.32 Å². The van der Waals surface area contributed by atoms with Gasteiger partial charge < -0.3 is 15.2 Å². The maximum absolute atomic E-state index is 12.9. The van der Waals surface area contributed by atoms with Crippen molar-refractivity contribution in [1.82, 2.24) is 0 Å². The van der Waals surface area contributed by atoms with Crippen molar-refractivity contribution in [1.29, 1.82) is 0 Å². The Labute approximate surface area is 139 Å². The number of fused-ring (bicyclic) bond motifs is 1. The molecule has 126 valence electrons. The average molecular weight is 348 g/mol. The van der Waals surface area contributed by atoms with Crippen molar-refractivity contribution < 1.29 is 23.1 Å². The van der Waals surface area contributed by atoms with Gasteiger partial charge in [0, 0.05) is 6.07 Å². The monoisotopic (exact) mass is 348 g/mol. The molecule has 1 aliphatic rings. The number of benzene rings is 2. The molecule has 1 atom stereocenters. The maximum atomic E-state index is 12.9. The van der Waals surface area contributed by atoms with Gasteiger partial charge in [0.2, 0.25) is 9.84 Å². The van der Waals surface area contributed by atoms with Gasteiger partial charge in [-0.15, -0.1) is 0 Å². The van der Waals surface area contributed by atoms with Crippen LogP contribution < -0.4 is 15.8 Å². The van der Waals surface area contributed by atoms with Gasteiger partial charge in [-0.05, 0) is 24.6 Å². The van der Waals surface area contributed by atoms with Crippen molar-refractivity contribution in [2.45, 2.75) is 22.9 Å². The van der Waals surface area contributed by atoms with Crippen LogP contribution in [0.25, 0.3) is 0 Å². The van der Waals surface area contributed by atoms with Crippen LogP contribution in [0, 0.1) is 6.92 Å². The first kappa shape index (κ1) is 16.3. The number of anilines is 1. The van der Waals surface area contributed by atoms with Crippen molar-refractivity contribution in [3.05, 3.63) is 47.5 Å². The van der Waals surface area contributed by atoms with E-state index in [4.69, 9.17) is 10.5 Å². The summed E-state index contributed by atoms with van der Waals surface area (Å²) < 4.78 is 31.2. The number of nitrogens with two attached hydrogens (primary N) is 1. The van der Waals surface area contributed by atoms with Crippen LogP contribution >= 0.6 is 0 Å². The minimum Gasteiger partial charge on any atom is -0.478 e. The number of carboxylic acid groups (broad SMARTS) is 1. The second-order valence-electron chi connectivity index (χ2n) is 5.46. The quantitative estimate of drug-likeness (QED) is 0.771. The van der Waals surface area contributed by atoms with E-state index >= 15 is 0 Å². The molecule has 0 amide bonds. The van der Waals surface area contributed by atoms with Gasteiger partial charge in [0.1, 0.15) is 5.75 Å². The summed E-state index contributed by atoms with van der Waals surface area (Å²) in [5, 5.41) is 12.3. The molecule has 7 nitrogen and oxygen atoms in total. The summed E-state index contributed by atoms with van der Waals surface area (Å²) >= 11 is 0. The first-order valence-electron chi connectivity index (χ1n) is 7.19. The number of hydrogen-bond donors (Lipinski definition) is 3. The summed E-state index contributed by atoms with van der Waals surface area (Å²) in [5.41, 5.74) is 6.32. The SMILES string of the molecule is Cc1ccccc1S(=O)(=O)c1cc2c(c(C(=O)O)c1)NCC(N)O2. The van der Waals surface area contributed by atoms with Gasteiger partial charge in [0.05, 0.1) is 27.6 Å².